The predicted molar refractivity (Wildman–Crippen MR) is 99.7 cm³/mol. The van der Waals surface area contributed by atoms with Gasteiger partial charge in [-0.05, 0) is 43.3 Å². The topological polar surface area (TPSA) is 56.4 Å². The highest BCUT2D eigenvalue weighted by Gasteiger charge is 2.15. The molecule has 0 amide bonds. The van der Waals surface area contributed by atoms with Gasteiger partial charge in [-0.25, -0.2) is 9.67 Å². The number of halogens is 1. The summed E-state index contributed by atoms with van der Waals surface area (Å²) >= 11 is 5.82. The Kier molecular flexibility index (Phi) is 4.67. The van der Waals surface area contributed by atoms with E-state index < -0.39 is 0 Å². The number of hydrogen-bond acceptors (Lipinski definition) is 3. The first-order valence-electron chi connectivity index (χ1n) is 7.67. The van der Waals surface area contributed by atoms with Gasteiger partial charge in [0.15, 0.2) is 5.69 Å². The number of Topliss-reactive ketones (excluding diaryl/α,β-unsaturated/α-hetero) is 1. The molecule has 0 aliphatic rings. The zero-order chi connectivity index (χ0) is 18.0. The lowest BCUT2D eigenvalue weighted by molar-refractivity contribution is 0.107. The maximum Gasteiger partial charge on any atom is 0.297 e. The molecule has 25 heavy (non-hydrogen) atoms. The molecule has 126 valence electrons. The number of carbonyl (C=O) groups excluding carboxylic acids is 1. The van der Waals surface area contributed by atoms with E-state index in [0.29, 0.717) is 16.3 Å². The molecule has 2 aromatic carbocycles. The van der Waals surface area contributed by atoms with E-state index in [1.807, 2.05) is 30.3 Å². The third kappa shape index (κ3) is 3.32. The van der Waals surface area contributed by atoms with Crippen LogP contribution in [0.3, 0.4) is 0 Å². The minimum absolute atomic E-state index is 0.244. The van der Waals surface area contributed by atoms with Gasteiger partial charge in [-0.15, -0.1) is 0 Å². The van der Waals surface area contributed by atoms with Gasteiger partial charge in [-0.2, -0.15) is 0 Å². The molecule has 0 spiro atoms. The maximum absolute atomic E-state index is 12.7. The van der Waals surface area contributed by atoms with E-state index in [0.717, 1.165) is 5.69 Å². The first kappa shape index (κ1) is 16.9. The van der Waals surface area contributed by atoms with Crippen LogP contribution in [0.2, 0.25) is 5.02 Å². The van der Waals surface area contributed by atoms with Crippen LogP contribution in [0.25, 0.3) is 5.69 Å². The second-order valence-corrected chi connectivity index (χ2v) is 5.98. The average molecular weight is 354 g/mol. The maximum atomic E-state index is 12.7. The molecule has 0 saturated heterocycles. The Balaban J connectivity index is 1.97. The van der Waals surface area contributed by atoms with Crippen molar-refractivity contribution in [3.63, 3.8) is 0 Å². The van der Waals surface area contributed by atoms with Gasteiger partial charge in [0, 0.05) is 17.6 Å². The molecular weight excluding hydrogens is 338 g/mol. The van der Waals surface area contributed by atoms with Gasteiger partial charge in [0.05, 0.1) is 17.6 Å². The van der Waals surface area contributed by atoms with Crippen molar-refractivity contribution in [2.24, 2.45) is 12.0 Å². The highest BCUT2D eigenvalue weighted by Crippen LogP contribution is 2.16. The summed E-state index contributed by atoms with van der Waals surface area (Å²) in [6, 6.07) is 15.8. The van der Waals surface area contributed by atoms with Crippen molar-refractivity contribution in [2.75, 3.05) is 0 Å². The number of ketones is 1. The van der Waals surface area contributed by atoms with E-state index in [1.165, 1.54) is 10.9 Å². The Bertz CT molecular complexity index is 1000. The second-order valence-electron chi connectivity index (χ2n) is 5.54. The summed E-state index contributed by atoms with van der Waals surface area (Å²) in [5.41, 5.74) is 1.85. The van der Waals surface area contributed by atoms with Gasteiger partial charge in [-0.1, -0.05) is 29.8 Å². The predicted octanol–water partition coefficient (Wildman–Crippen LogP) is 3.72. The van der Waals surface area contributed by atoms with Crippen molar-refractivity contribution < 1.29 is 4.79 Å². The Hall–Kier alpha value is -2.92. The quantitative estimate of drug-likeness (QED) is 0.530. The first-order valence-corrected chi connectivity index (χ1v) is 8.05. The van der Waals surface area contributed by atoms with Crippen LogP contribution in [0.1, 0.15) is 16.1 Å². The lowest BCUT2D eigenvalue weighted by Crippen LogP contribution is -2.19. The Morgan fingerprint density at radius 1 is 1.08 bits per heavy atom. The van der Waals surface area contributed by atoms with Crippen LogP contribution in [0, 0.1) is 6.92 Å². The molecule has 0 radical (unpaired) electrons. The van der Waals surface area contributed by atoms with E-state index >= 15 is 0 Å². The zero-order valence-corrected chi connectivity index (χ0v) is 14.6. The molecule has 3 aromatic rings. The molecule has 5 nitrogen and oxygen atoms in total. The first-order chi connectivity index (χ1) is 12.0. The molecule has 0 bridgehead atoms. The second kappa shape index (κ2) is 6.91. The minimum Gasteiger partial charge on any atom is -0.288 e. The molecule has 3 rings (SSSR count). The van der Waals surface area contributed by atoms with E-state index in [1.54, 1.807) is 42.9 Å². The third-order valence-corrected chi connectivity index (χ3v) is 4.22. The summed E-state index contributed by atoms with van der Waals surface area (Å²) in [6.07, 6.45) is 1.17. The molecular formula is C19H16ClN3O2. The highest BCUT2D eigenvalue weighted by molar-refractivity contribution is 6.36. The Labute approximate surface area is 149 Å². The number of para-hydroxylation sites is 1. The smallest absolute Gasteiger partial charge is 0.288 e. The number of aromatic nitrogens is 2. The fraction of sp³-hybridized carbons (Fsp3) is 0.105. The molecule has 0 fully saturated rings. The summed E-state index contributed by atoms with van der Waals surface area (Å²) in [5, 5.41) is 0.554. The lowest BCUT2D eigenvalue weighted by Gasteiger charge is -2.07. The van der Waals surface area contributed by atoms with Crippen molar-refractivity contribution in [3.05, 3.63) is 81.2 Å². The number of benzene rings is 2. The number of carbonyl (C=O) groups is 1. The molecule has 1 heterocycles. The van der Waals surface area contributed by atoms with Crippen molar-refractivity contribution in [2.45, 2.75) is 6.92 Å². The van der Waals surface area contributed by atoms with Crippen LogP contribution in [0.15, 0.2) is 64.4 Å². The molecule has 0 atom stereocenters. The lowest BCUT2D eigenvalue weighted by atomic mass is 10.1. The van der Waals surface area contributed by atoms with E-state index in [4.69, 9.17) is 11.6 Å². The molecule has 1 aromatic heterocycles. The van der Waals surface area contributed by atoms with Crippen LogP contribution in [-0.4, -0.2) is 21.4 Å². The largest absolute Gasteiger partial charge is 0.297 e. The van der Waals surface area contributed by atoms with Gasteiger partial charge in [0.2, 0.25) is 5.78 Å². The standard InChI is InChI=1S/C19H16ClN3O2/c1-13-18(21-12-17(24)14-8-10-15(20)11-9-14)19(25)23(22(13)2)16-6-4-3-5-7-16/h3-12H,1-2H3. The van der Waals surface area contributed by atoms with Crippen molar-refractivity contribution >= 4 is 29.3 Å². The number of nitrogens with zero attached hydrogens (tertiary/aromatic N) is 3. The zero-order valence-electron chi connectivity index (χ0n) is 13.8. The normalized spacial score (nSPS) is 11.2. The minimum atomic E-state index is -0.286. The van der Waals surface area contributed by atoms with Gasteiger partial charge < -0.3 is 0 Å². The molecule has 0 saturated carbocycles. The molecule has 0 N–H and O–H groups in total. The Morgan fingerprint density at radius 2 is 1.72 bits per heavy atom. The molecule has 0 aliphatic carbocycles. The number of rotatable bonds is 4. The van der Waals surface area contributed by atoms with E-state index in [-0.39, 0.29) is 17.0 Å². The van der Waals surface area contributed by atoms with Crippen molar-refractivity contribution in [1.82, 2.24) is 9.36 Å². The van der Waals surface area contributed by atoms with Crippen molar-refractivity contribution in [3.8, 4) is 5.69 Å². The average Bonchev–Trinajstić information content (AvgIpc) is 2.83. The molecule has 0 aliphatic heterocycles. The monoisotopic (exact) mass is 353 g/mol. The fourth-order valence-electron chi connectivity index (χ4n) is 2.51. The SMILES string of the molecule is Cc1c(N=CC(=O)c2ccc(Cl)cc2)c(=O)n(-c2ccccc2)n1C. The van der Waals surface area contributed by atoms with Gasteiger partial charge in [-0.3, -0.25) is 14.3 Å². The van der Waals surface area contributed by atoms with E-state index in [9.17, 15) is 9.59 Å². The summed E-state index contributed by atoms with van der Waals surface area (Å²) < 4.78 is 3.24. The van der Waals surface area contributed by atoms with Gasteiger partial charge in [0.25, 0.3) is 5.56 Å². The summed E-state index contributed by atoms with van der Waals surface area (Å²) in [7, 11) is 1.78. The Morgan fingerprint density at radius 3 is 2.36 bits per heavy atom. The van der Waals surface area contributed by atoms with Gasteiger partial charge >= 0.3 is 0 Å². The van der Waals surface area contributed by atoms with Gasteiger partial charge in [0.1, 0.15) is 0 Å². The van der Waals surface area contributed by atoms with Crippen molar-refractivity contribution in [1.29, 1.82) is 0 Å². The highest BCUT2D eigenvalue weighted by atomic mass is 35.5. The van der Waals surface area contributed by atoms with Crippen LogP contribution in [0.4, 0.5) is 5.69 Å². The molecule has 0 unspecified atom stereocenters. The number of hydrogen-bond donors (Lipinski definition) is 0. The van der Waals surface area contributed by atoms with Crippen LogP contribution >= 0.6 is 11.6 Å². The van der Waals surface area contributed by atoms with E-state index in [2.05, 4.69) is 4.99 Å². The number of aliphatic imine (C=N–C) groups is 1. The van der Waals surface area contributed by atoms with Crippen LogP contribution in [0.5, 0.6) is 0 Å². The summed E-state index contributed by atoms with van der Waals surface area (Å²) in [5.74, 6) is -0.286. The molecule has 6 heteroatoms. The summed E-state index contributed by atoms with van der Waals surface area (Å²) in [4.78, 5) is 29.1. The van der Waals surface area contributed by atoms with Crippen LogP contribution in [-0.2, 0) is 7.05 Å². The fourth-order valence-corrected chi connectivity index (χ4v) is 2.64. The summed E-state index contributed by atoms with van der Waals surface area (Å²) in [6.45, 7) is 1.79. The van der Waals surface area contributed by atoms with Crippen LogP contribution < -0.4 is 5.56 Å². The third-order valence-electron chi connectivity index (χ3n) is 3.96.